The van der Waals surface area contributed by atoms with Crippen LogP contribution >= 0.6 is 11.8 Å². The van der Waals surface area contributed by atoms with E-state index in [1.165, 1.54) is 24.8 Å². The summed E-state index contributed by atoms with van der Waals surface area (Å²) in [5.74, 6) is 0.349. The molecule has 106 valence electrons. The molecule has 1 aliphatic carbocycles. The molecule has 3 heteroatoms. The van der Waals surface area contributed by atoms with E-state index in [1.54, 1.807) is 12.1 Å². The Morgan fingerprint density at radius 3 is 2.53 bits per heavy atom. The molecule has 0 bridgehead atoms. The molecule has 1 aromatic carbocycles. The molecule has 0 heterocycles. The summed E-state index contributed by atoms with van der Waals surface area (Å²) in [7, 11) is 0. The highest BCUT2D eigenvalue weighted by atomic mass is 32.2. The first kappa shape index (κ1) is 14.7. The Morgan fingerprint density at radius 1 is 1.32 bits per heavy atom. The van der Waals surface area contributed by atoms with Gasteiger partial charge in [0.05, 0.1) is 0 Å². The van der Waals surface area contributed by atoms with Gasteiger partial charge in [0.15, 0.2) is 0 Å². The van der Waals surface area contributed by atoms with E-state index < -0.39 is 0 Å². The van der Waals surface area contributed by atoms with E-state index in [2.05, 4.69) is 18.5 Å². The van der Waals surface area contributed by atoms with Gasteiger partial charge in [-0.05, 0) is 56.6 Å². The predicted octanol–water partition coefficient (Wildman–Crippen LogP) is 3.59. The van der Waals surface area contributed by atoms with Crippen LogP contribution in [0.5, 0.6) is 5.75 Å². The van der Waals surface area contributed by atoms with Gasteiger partial charge < -0.3 is 10.4 Å². The van der Waals surface area contributed by atoms with Crippen LogP contribution in [0.3, 0.4) is 0 Å². The van der Waals surface area contributed by atoms with Gasteiger partial charge >= 0.3 is 0 Å². The van der Waals surface area contributed by atoms with Crippen LogP contribution in [-0.2, 0) is 6.42 Å². The maximum absolute atomic E-state index is 9.25. The normalized spacial score (nSPS) is 18.8. The fourth-order valence-corrected chi connectivity index (χ4v) is 3.46. The molecule has 0 aliphatic heterocycles. The summed E-state index contributed by atoms with van der Waals surface area (Å²) in [5.41, 5.74) is 1.30. The number of aromatic hydroxyl groups is 1. The number of thioether (sulfide) groups is 1. The van der Waals surface area contributed by atoms with Gasteiger partial charge in [-0.3, -0.25) is 0 Å². The molecule has 0 amide bonds. The van der Waals surface area contributed by atoms with Crippen LogP contribution in [-0.4, -0.2) is 28.7 Å². The lowest BCUT2D eigenvalue weighted by Gasteiger charge is -2.41. The van der Waals surface area contributed by atoms with Crippen molar-refractivity contribution in [2.24, 2.45) is 0 Å². The average Bonchev–Trinajstić information content (AvgIpc) is 2.37. The zero-order valence-corrected chi connectivity index (χ0v) is 12.8. The van der Waals surface area contributed by atoms with E-state index in [1.807, 2.05) is 23.9 Å². The SMILES string of the molecule is CSC1(CNC(C)CCc2ccc(O)cc2)CCC1. The molecule has 0 radical (unpaired) electrons. The third-order valence-corrected chi connectivity index (χ3v) is 5.69. The summed E-state index contributed by atoms with van der Waals surface area (Å²) in [6.07, 6.45) is 8.58. The Hall–Kier alpha value is -0.670. The van der Waals surface area contributed by atoms with Gasteiger partial charge in [0.1, 0.15) is 5.75 Å². The van der Waals surface area contributed by atoms with E-state index in [0.717, 1.165) is 19.4 Å². The van der Waals surface area contributed by atoms with Crippen LogP contribution in [0, 0.1) is 0 Å². The van der Waals surface area contributed by atoms with E-state index in [4.69, 9.17) is 0 Å². The standard InChI is InChI=1S/C16H25NOS/c1-13(17-12-16(19-2)10-3-11-16)4-5-14-6-8-15(18)9-7-14/h6-9,13,17-18H,3-5,10-12H2,1-2H3. The van der Waals surface area contributed by atoms with Gasteiger partial charge in [0, 0.05) is 17.3 Å². The van der Waals surface area contributed by atoms with Crippen LogP contribution in [0.25, 0.3) is 0 Å². The molecule has 0 aromatic heterocycles. The molecule has 2 rings (SSSR count). The van der Waals surface area contributed by atoms with E-state index in [9.17, 15) is 5.11 Å². The Bertz CT molecular complexity index is 381. The van der Waals surface area contributed by atoms with Gasteiger partial charge in [-0.2, -0.15) is 11.8 Å². The summed E-state index contributed by atoms with van der Waals surface area (Å²) in [6, 6.07) is 8.11. The number of hydrogen-bond donors (Lipinski definition) is 2. The molecule has 0 spiro atoms. The quantitative estimate of drug-likeness (QED) is 0.800. The lowest BCUT2D eigenvalue weighted by Crippen LogP contribution is -2.45. The average molecular weight is 279 g/mol. The highest BCUT2D eigenvalue weighted by Gasteiger charge is 2.35. The zero-order valence-electron chi connectivity index (χ0n) is 12.0. The molecule has 1 unspecified atom stereocenters. The van der Waals surface area contributed by atoms with Gasteiger partial charge in [0.2, 0.25) is 0 Å². The lowest BCUT2D eigenvalue weighted by molar-refractivity contribution is 0.329. The molecule has 1 fully saturated rings. The predicted molar refractivity (Wildman–Crippen MR) is 84.0 cm³/mol. The lowest BCUT2D eigenvalue weighted by atomic mass is 9.84. The number of aryl methyl sites for hydroxylation is 1. The molecule has 19 heavy (non-hydrogen) atoms. The maximum atomic E-state index is 9.25. The molecule has 2 N–H and O–H groups in total. The van der Waals surface area contributed by atoms with Gasteiger partial charge in [-0.25, -0.2) is 0 Å². The highest BCUT2D eigenvalue weighted by molar-refractivity contribution is 8.00. The molecular weight excluding hydrogens is 254 g/mol. The largest absolute Gasteiger partial charge is 0.508 e. The first-order chi connectivity index (χ1) is 9.13. The minimum atomic E-state index is 0.349. The van der Waals surface area contributed by atoms with E-state index in [-0.39, 0.29) is 0 Å². The van der Waals surface area contributed by atoms with Crippen molar-refractivity contribution in [3.05, 3.63) is 29.8 Å². The van der Waals surface area contributed by atoms with Crippen LogP contribution in [0.2, 0.25) is 0 Å². The Labute approximate surface area is 121 Å². The number of phenols is 1. The number of nitrogens with one attached hydrogen (secondary N) is 1. The smallest absolute Gasteiger partial charge is 0.115 e. The summed E-state index contributed by atoms with van der Waals surface area (Å²) in [6.45, 7) is 3.41. The Balaban J connectivity index is 1.69. The van der Waals surface area contributed by atoms with Crippen molar-refractivity contribution in [1.29, 1.82) is 0 Å². The Kier molecular flexibility index (Phi) is 5.17. The third-order valence-electron chi connectivity index (χ3n) is 4.27. The summed E-state index contributed by atoms with van der Waals surface area (Å²) in [4.78, 5) is 0. The fraction of sp³-hybridized carbons (Fsp3) is 0.625. The van der Waals surface area contributed by atoms with E-state index >= 15 is 0 Å². The maximum Gasteiger partial charge on any atom is 0.115 e. The van der Waals surface area contributed by atoms with Gasteiger partial charge in [0.25, 0.3) is 0 Å². The number of benzene rings is 1. The first-order valence-corrected chi connectivity index (χ1v) is 8.42. The summed E-state index contributed by atoms with van der Waals surface area (Å²) >= 11 is 2.03. The number of hydrogen-bond acceptors (Lipinski definition) is 3. The van der Waals surface area contributed by atoms with Crippen molar-refractivity contribution < 1.29 is 5.11 Å². The van der Waals surface area contributed by atoms with Crippen LogP contribution in [0.1, 0.15) is 38.2 Å². The summed E-state index contributed by atoms with van der Waals surface area (Å²) < 4.78 is 0.521. The Morgan fingerprint density at radius 2 is 2.00 bits per heavy atom. The fourth-order valence-electron chi connectivity index (χ4n) is 2.53. The van der Waals surface area contributed by atoms with Gasteiger partial charge in [-0.15, -0.1) is 0 Å². The van der Waals surface area contributed by atoms with Crippen molar-refractivity contribution in [3.8, 4) is 5.75 Å². The number of phenolic OH excluding ortho intramolecular Hbond substituents is 1. The molecule has 1 atom stereocenters. The van der Waals surface area contributed by atoms with Crippen LogP contribution in [0.15, 0.2) is 24.3 Å². The van der Waals surface area contributed by atoms with Crippen LogP contribution in [0.4, 0.5) is 0 Å². The molecule has 1 saturated carbocycles. The second-order valence-corrected chi connectivity index (χ2v) is 7.00. The number of rotatable bonds is 7. The first-order valence-electron chi connectivity index (χ1n) is 7.20. The molecular formula is C16H25NOS. The second-order valence-electron chi connectivity index (χ2n) is 5.73. The van der Waals surface area contributed by atoms with Gasteiger partial charge in [-0.1, -0.05) is 18.6 Å². The van der Waals surface area contributed by atoms with Crippen LogP contribution < -0.4 is 5.32 Å². The van der Waals surface area contributed by atoms with E-state index in [0.29, 0.717) is 16.5 Å². The highest BCUT2D eigenvalue weighted by Crippen LogP contribution is 2.42. The van der Waals surface area contributed by atoms with Crippen molar-refractivity contribution in [2.75, 3.05) is 12.8 Å². The summed E-state index contributed by atoms with van der Waals surface area (Å²) in [5, 5.41) is 12.9. The molecule has 2 nitrogen and oxygen atoms in total. The topological polar surface area (TPSA) is 32.3 Å². The second kappa shape index (κ2) is 6.67. The zero-order chi connectivity index (χ0) is 13.7. The van der Waals surface area contributed by atoms with Crippen molar-refractivity contribution >= 4 is 11.8 Å². The molecule has 0 saturated heterocycles. The van der Waals surface area contributed by atoms with Crippen molar-refractivity contribution in [3.63, 3.8) is 0 Å². The minimum absolute atomic E-state index is 0.349. The van der Waals surface area contributed by atoms with Crippen molar-refractivity contribution in [1.82, 2.24) is 5.32 Å². The van der Waals surface area contributed by atoms with Crippen molar-refractivity contribution in [2.45, 2.75) is 49.8 Å². The third kappa shape index (κ3) is 4.15. The molecule has 1 aromatic rings. The monoisotopic (exact) mass is 279 g/mol. The minimum Gasteiger partial charge on any atom is -0.508 e. The molecule has 1 aliphatic rings.